The molecule has 0 unspecified atom stereocenters. The van der Waals surface area contributed by atoms with Crippen LogP contribution in [0.5, 0.6) is 0 Å². The first-order valence-electron chi connectivity index (χ1n) is 12.0. The third-order valence-electron chi connectivity index (χ3n) is 7.62. The number of hydrogen-bond acceptors (Lipinski definition) is 0. The average molecular weight is 383 g/mol. The van der Waals surface area contributed by atoms with Crippen LogP contribution in [0.15, 0.2) is 24.3 Å². The van der Waals surface area contributed by atoms with Crippen LogP contribution >= 0.6 is 0 Å². The van der Waals surface area contributed by atoms with Crippen LogP contribution in [0.25, 0.3) is 0 Å². The van der Waals surface area contributed by atoms with Gasteiger partial charge in [-0.25, -0.2) is 0 Å². The van der Waals surface area contributed by atoms with Gasteiger partial charge >= 0.3 is 0 Å². The van der Waals surface area contributed by atoms with Crippen molar-refractivity contribution >= 4 is 0 Å². The Morgan fingerprint density at radius 1 is 0.786 bits per heavy atom. The van der Waals surface area contributed by atoms with Crippen molar-refractivity contribution in [3.05, 3.63) is 35.4 Å². The lowest BCUT2D eigenvalue weighted by molar-refractivity contribution is 0.155. The van der Waals surface area contributed by atoms with E-state index in [0.29, 0.717) is 5.92 Å². The van der Waals surface area contributed by atoms with Crippen LogP contribution in [-0.2, 0) is 0 Å². The molecule has 1 aromatic carbocycles. The molecule has 0 bridgehead atoms. The first kappa shape index (κ1) is 21.4. The van der Waals surface area contributed by atoms with Crippen LogP contribution in [0.3, 0.4) is 0 Å². The lowest BCUT2D eigenvalue weighted by Gasteiger charge is -2.38. The minimum absolute atomic E-state index is 0.697. The summed E-state index contributed by atoms with van der Waals surface area (Å²) in [4.78, 5) is 0. The molecule has 1 aromatic rings. The van der Waals surface area contributed by atoms with Crippen molar-refractivity contribution in [1.29, 1.82) is 0 Å². The van der Waals surface area contributed by atoms with E-state index in [1.807, 2.05) is 12.1 Å². The predicted molar refractivity (Wildman–Crippen MR) is 118 cm³/mol. The van der Waals surface area contributed by atoms with Gasteiger partial charge in [-0.2, -0.15) is 0 Å². The van der Waals surface area contributed by atoms with Crippen LogP contribution in [0.4, 0.5) is 4.39 Å². The first-order chi connectivity index (χ1) is 13.8. The average Bonchev–Trinajstić information content (AvgIpc) is 2.75. The van der Waals surface area contributed by atoms with Gasteiger partial charge in [0.1, 0.15) is 6.17 Å². The van der Waals surface area contributed by atoms with Crippen molar-refractivity contribution in [1.82, 2.24) is 0 Å². The molecule has 0 N–H and O–H groups in total. The van der Waals surface area contributed by atoms with Crippen molar-refractivity contribution in [3.8, 4) is 12.1 Å². The molecule has 0 aromatic heterocycles. The van der Waals surface area contributed by atoms with Gasteiger partial charge in [-0.15, -0.1) is 4.39 Å². The predicted octanol–water partition coefficient (Wildman–Crippen LogP) is 8.41. The molecule has 0 saturated heterocycles. The Labute approximate surface area is 172 Å². The highest BCUT2D eigenvalue weighted by Crippen LogP contribution is 2.44. The summed E-state index contributed by atoms with van der Waals surface area (Å²) in [6, 6.07) is 8.27. The summed E-state index contributed by atoms with van der Waals surface area (Å²) < 4.78 is 12.1. The Bertz CT molecular complexity index is 604. The second kappa shape index (κ2) is 11.6. The van der Waals surface area contributed by atoms with E-state index in [-0.39, 0.29) is 0 Å². The molecule has 0 amide bonds. The maximum absolute atomic E-state index is 12.1. The number of hydrogen-bond donors (Lipinski definition) is 0. The van der Waals surface area contributed by atoms with Crippen molar-refractivity contribution < 1.29 is 4.39 Å². The van der Waals surface area contributed by atoms with Crippen LogP contribution < -0.4 is 0 Å². The molecule has 0 radical (unpaired) electrons. The lowest BCUT2D eigenvalue weighted by Crippen LogP contribution is -2.25. The highest BCUT2D eigenvalue weighted by molar-refractivity contribution is 5.36. The van der Waals surface area contributed by atoms with Crippen molar-refractivity contribution in [3.63, 3.8) is 0 Å². The van der Waals surface area contributed by atoms with Gasteiger partial charge in [0, 0.05) is 5.56 Å². The van der Waals surface area contributed by atoms with Gasteiger partial charge in [0.05, 0.1) is 0 Å². The van der Waals surface area contributed by atoms with Gasteiger partial charge in [0.2, 0.25) is 0 Å². The van der Waals surface area contributed by atoms with Crippen LogP contribution in [0, 0.1) is 29.8 Å². The third kappa shape index (κ3) is 6.37. The molecule has 0 heterocycles. The number of benzene rings is 1. The summed E-state index contributed by atoms with van der Waals surface area (Å²) in [6.45, 7) is 2.30. The Balaban J connectivity index is 1.36. The van der Waals surface area contributed by atoms with Crippen LogP contribution in [0.2, 0.25) is 0 Å². The zero-order chi connectivity index (χ0) is 19.6. The summed E-state index contributed by atoms with van der Waals surface area (Å²) in [6.07, 6.45) is 21.6. The largest absolute Gasteiger partial charge is 0.144 e. The number of unbranched alkanes of at least 4 members (excludes halogenated alkanes) is 4. The summed E-state index contributed by atoms with van der Waals surface area (Å²) >= 11 is 0. The van der Waals surface area contributed by atoms with Crippen molar-refractivity contribution in [2.24, 2.45) is 17.8 Å². The molecule has 2 aliphatic carbocycles. The van der Waals surface area contributed by atoms with Gasteiger partial charge in [-0.05, 0) is 85.8 Å². The summed E-state index contributed by atoms with van der Waals surface area (Å²) in [7, 11) is 0. The zero-order valence-electron chi connectivity index (χ0n) is 17.9. The van der Waals surface area contributed by atoms with Gasteiger partial charge in [0.25, 0.3) is 0 Å². The molecular formula is C27H39F. The van der Waals surface area contributed by atoms with E-state index in [0.717, 1.165) is 23.3 Å². The molecule has 2 aliphatic rings. The van der Waals surface area contributed by atoms with E-state index in [2.05, 4.69) is 25.0 Å². The molecular weight excluding hydrogens is 343 g/mol. The topological polar surface area (TPSA) is 0 Å². The summed E-state index contributed by atoms with van der Waals surface area (Å²) in [5.74, 6) is 6.19. The van der Waals surface area contributed by atoms with E-state index in [1.165, 1.54) is 102 Å². The smallest absolute Gasteiger partial charge is 0.111 e. The normalized spacial score (nSPS) is 27.8. The van der Waals surface area contributed by atoms with Gasteiger partial charge in [0.15, 0.2) is 0 Å². The monoisotopic (exact) mass is 382 g/mol. The van der Waals surface area contributed by atoms with E-state index < -0.39 is 0 Å². The van der Waals surface area contributed by atoms with E-state index in [1.54, 1.807) is 0 Å². The Morgan fingerprint density at radius 2 is 1.39 bits per heavy atom. The molecule has 0 spiro atoms. The molecule has 1 heteroatoms. The third-order valence-corrected chi connectivity index (χ3v) is 7.62. The summed E-state index contributed by atoms with van der Waals surface area (Å²) in [5.41, 5.74) is 2.21. The molecule has 2 saturated carbocycles. The lowest BCUT2D eigenvalue weighted by atomic mass is 9.68. The van der Waals surface area contributed by atoms with Gasteiger partial charge < -0.3 is 0 Å². The summed E-state index contributed by atoms with van der Waals surface area (Å²) in [5, 5.41) is 0. The molecule has 154 valence electrons. The van der Waals surface area contributed by atoms with Crippen molar-refractivity contribution in [2.45, 2.75) is 103 Å². The fourth-order valence-corrected chi connectivity index (χ4v) is 5.80. The molecule has 3 rings (SSSR count). The Hall–Kier alpha value is -1.29. The quantitative estimate of drug-likeness (QED) is 0.313. The molecule has 0 atom stereocenters. The maximum atomic E-state index is 12.1. The Morgan fingerprint density at radius 3 is 2.00 bits per heavy atom. The number of halogens is 1. The minimum atomic E-state index is 0.697. The van der Waals surface area contributed by atoms with E-state index in [4.69, 9.17) is 0 Å². The zero-order valence-corrected chi connectivity index (χ0v) is 17.9. The maximum Gasteiger partial charge on any atom is 0.111 e. The van der Waals surface area contributed by atoms with Gasteiger partial charge in [-0.1, -0.05) is 70.4 Å². The first-order valence-corrected chi connectivity index (χ1v) is 12.0. The molecule has 2 fully saturated rings. The fourth-order valence-electron chi connectivity index (χ4n) is 5.80. The van der Waals surface area contributed by atoms with Crippen LogP contribution in [-0.4, -0.2) is 0 Å². The van der Waals surface area contributed by atoms with Crippen LogP contribution in [0.1, 0.15) is 114 Å². The second-order valence-corrected chi connectivity index (χ2v) is 9.44. The second-order valence-electron chi connectivity index (χ2n) is 9.44. The molecule has 0 nitrogen and oxygen atoms in total. The highest BCUT2D eigenvalue weighted by Gasteiger charge is 2.31. The molecule has 0 aliphatic heterocycles. The number of rotatable bonds is 8. The Kier molecular flexibility index (Phi) is 8.91. The molecule has 28 heavy (non-hydrogen) atoms. The standard InChI is InChI=1S/C27H39F/c1-2-3-4-5-6-7-22-8-12-24(13-9-22)26-16-18-27(19-17-26)25-14-10-23(11-15-25)20-21-28/h10-11,14-15,22,24,26-27H,2-9,12-13,16-19H2,1H3. The fraction of sp³-hybridized carbons (Fsp3) is 0.704. The van der Waals surface area contributed by atoms with E-state index >= 15 is 0 Å². The SMILES string of the molecule is CCCCCCCC1CCC(C2CCC(c3ccc(C#CF)cc3)CC2)CC1. The van der Waals surface area contributed by atoms with Gasteiger partial charge in [-0.3, -0.25) is 0 Å². The minimum Gasteiger partial charge on any atom is -0.144 e. The van der Waals surface area contributed by atoms with Crippen molar-refractivity contribution in [2.75, 3.05) is 0 Å². The highest BCUT2D eigenvalue weighted by atomic mass is 19.1. The van der Waals surface area contributed by atoms with E-state index in [9.17, 15) is 4.39 Å².